The standard InChI is InChI=1S/C16H26ClNO/c1-16(2,10-6-11-17)14-18-12-7-13-19-15-8-4-3-5-9-15/h3-5,8-9,18H,6-7,10-14H2,1-2H3. The number of hydrogen-bond donors (Lipinski definition) is 1. The molecule has 0 bridgehead atoms. The quantitative estimate of drug-likeness (QED) is 0.516. The van der Waals surface area contributed by atoms with Crippen LogP contribution >= 0.6 is 11.6 Å². The van der Waals surface area contributed by atoms with Crippen LogP contribution in [-0.4, -0.2) is 25.6 Å². The Labute approximate surface area is 122 Å². The number of halogens is 1. The molecule has 0 saturated carbocycles. The summed E-state index contributed by atoms with van der Waals surface area (Å²) in [4.78, 5) is 0. The van der Waals surface area contributed by atoms with Gasteiger partial charge in [-0.2, -0.15) is 0 Å². The van der Waals surface area contributed by atoms with Gasteiger partial charge in [0.1, 0.15) is 5.75 Å². The van der Waals surface area contributed by atoms with E-state index >= 15 is 0 Å². The zero-order valence-corrected chi connectivity index (χ0v) is 12.9. The van der Waals surface area contributed by atoms with E-state index in [2.05, 4.69) is 19.2 Å². The molecule has 1 rings (SSSR count). The smallest absolute Gasteiger partial charge is 0.119 e. The summed E-state index contributed by atoms with van der Waals surface area (Å²) >= 11 is 5.73. The van der Waals surface area contributed by atoms with Crippen molar-refractivity contribution in [2.24, 2.45) is 5.41 Å². The number of ether oxygens (including phenoxy) is 1. The van der Waals surface area contributed by atoms with Crippen LogP contribution in [0.1, 0.15) is 33.1 Å². The molecule has 0 radical (unpaired) electrons. The van der Waals surface area contributed by atoms with E-state index < -0.39 is 0 Å². The molecule has 1 N–H and O–H groups in total. The summed E-state index contributed by atoms with van der Waals surface area (Å²) in [5.74, 6) is 1.71. The summed E-state index contributed by atoms with van der Waals surface area (Å²) in [7, 11) is 0. The molecule has 1 aromatic carbocycles. The zero-order chi connectivity index (χ0) is 14.0. The minimum absolute atomic E-state index is 0.329. The highest BCUT2D eigenvalue weighted by Gasteiger charge is 2.16. The summed E-state index contributed by atoms with van der Waals surface area (Å²) < 4.78 is 5.65. The van der Waals surface area contributed by atoms with Crippen molar-refractivity contribution in [1.29, 1.82) is 0 Å². The van der Waals surface area contributed by atoms with E-state index in [1.165, 1.54) is 6.42 Å². The number of hydrogen-bond acceptors (Lipinski definition) is 2. The molecule has 0 aliphatic rings. The normalized spacial score (nSPS) is 11.5. The first-order chi connectivity index (χ1) is 9.14. The number of benzene rings is 1. The van der Waals surface area contributed by atoms with Gasteiger partial charge in [-0.3, -0.25) is 0 Å². The Bertz CT molecular complexity index is 327. The number of rotatable bonds is 10. The topological polar surface area (TPSA) is 21.3 Å². The van der Waals surface area contributed by atoms with Gasteiger partial charge in [-0.05, 0) is 43.4 Å². The average molecular weight is 284 g/mol. The van der Waals surface area contributed by atoms with Crippen molar-refractivity contribution >= 4 is 11.6 Å². The van der Waals surface area contributed by atoms with E-state index in [9.17, 15) is 0 Å². The van der Waals surface area contributed by atoms with Gasteiger partial charge in [-0.15, -0.1) is 11.6 Å². The van der Waals surface area contributed by atoms with Crippen LogP contribution in [0.25, 0.3) is 0 Å². The van der Waals surface area contributed by atoms with Gasteiger partial charge in [0.2, 0.25) is 0 Å². The Morgan fingerprint density at radius 1 is 1.16 bits per heavy atom. The van der Waals surface area contributed by atoms with E-state index in [0.29, 0.717) is 5.41 Å². The van der Waals surface area contributed by atoms with Gasteiger partial charge in [0.15, 0.2) is 0 Å². The first-order valence-electron chi connectivity index (χ1n) is 7.08. The van der Waals surface area contributed by atoms with Crippen LogP contribution in [-0.2, 0) is 0 Å². The van der Waals surface area contributed by atoms with E-state index in [4.69, 9.17) is 16.3 Å². The van der Waals surface area contributed by atoms with Crippen molar-refractivity contribution in [3.05, 3.63) is 30.3 Å². The lowest BCUT2D eigenvalue weighted by Gasteiger charge is -2.24. The highest BCUT2D eigenvalue weighted by molar-refractivity contribution is 6.17. The molecular formula is C16H26ClNO. The molecule has 2 nitrogen and oxygen atoms in total. The number of para-hydroxylation sites is 1. The van der Waals surface area contributed by atoms with Crippen LogP contribution in [0.5, 0.6) is 5.75 Å². The largest absolute Gasteiger partial charge is 0.494 e. The molecule has 0 spiro atoms. The van der Waals surface area contributed by atoms with Crippen LogP contribution in [0.3, 0.4) is 0 Å². The Hall–Kier alpha value is -0.730. The van der Waals surface area contributed by atoms with E-state index in [1.807, 2.05) is 30.3 Å². The molecule has 19 heavy (non-hydrogen) atoms. The minimum atomic E-state index is 0.329. The molecule has 0 fully saturated rings. The third kappa shape index (κ3) is 8.12. The van der Waals surface area contributed by atoms with Crippen LogP contribution < -0.4 is 10.1 Å². The fourth-order valence-corrected chi connectivity index (χ4v) is 2.10. The second-order valence-electron chi connectivity index (χ2n) is 5.65. The first kappa shape index (κ1) is 16.3. The highest BCUT2D eigenvalue weighted by Crippen LogP contribution is 2.21. The lowest BCUT2D eigenvalue weighted by molar-refractivity contribution is 0.286. The maximum Gasteiger partial charge on any atom is 0.119 e. The SMILES string of the molecule is CC(C)(CCCCl)CNCCCOc1ccccc1. The van der Waals surface area contributed by atoms with Gasteiger partial charge in [-0.25, -0.2) is 0 Å². The fourth-order valence-electron chi connectivity index (χ4n) is 1.96. The molecule has 0 atom stereocenters. The van der Waals surface area contributed by atoms with Crippen LogP contribution in [0.2, 0.25) is 0 Å². The van der Waals surface area contributed by atoms with Gasteiger partial charge < -0.3 is 10.1 Å². The average Bonchev–Trinajstić information content (AvgIpc) is 2.42. The summed E-state index contributed by atoms with van der Waals surface area (Å²) in [5, 5.41) is 3.50. The lowest BCUT2D eigenvalue weighted by Crippen LogP contribution is -2.30. The molecule has 0 amide bonds. The number of nitrogens with one attached hydrogen (secondary N) is 1. The Morgan fingerprint density at radius 3 is 2.58 bits per heavy atom. The molecular weight excluding hydrogens is 258 g/mol. The van der Waals surface area contributed by atoms with Crippen molar-refractivity contribution in [2.75, 3.05) is 25.6 Å². The summed E-state index contributed by atoms with van der Waals surface area (Å²) in [5.41, 5.74) is 0.329. The monoisotopic (exact) mass is 283 g/mol. The Balaban J connectivity index is 2.02. The van der Waals surface area contributed by atoms with Gasteiger partial charge in [0.05, 0.1) is 6.61 Å². The second-order valence-corrected chi connectivity index (χ2v) is 6.03. The van der Waals surface area contributed by atoms with Crippen LogP contribution in [0.4, 0.5) is 0 Å². The molecule has 1 aromatic rings. The molecule has 0 aliphatic heterocycles. The van der Waals surface area contributed by atoms with Crippen molar-refractivity contribution < 1.29 is 4.74 Å². The Kier molecular flexibility index (Phi) is 7.92. The first-order valence-corrected chi connectivity index (χ1v) is 7.62. The zero-order valence-electron chi connectivity index (χ0n) is 12.1. The van der Waals surface area contributed by atoms with Crippen molar-refractivity contribution in [1.82, 2.24) is 5.32 Å². The molecule has 0 aromatic heterocycles. The van der Waals surface area contributed by atoms with E-state index in [-0.39, 0.29) is 0 Å². The molecule has 3 heteroatoms. The van der Waals surface area contributed by atoms with Gasteiger partial charge in [-0.1, -0.05) is 32.0 Å². The second kappa shape index (κ2) is 9.22. The predicted octanol–water partition coefficient (Wildman–Crippen LogP) is 4.09. The molecule has 108 valence electrons. The van der Waals surface area contributed by atoms with Crippen molar-refractivity contribution in [2.45, 2.75) is 33.1 Å². The van der Waals surface area contributed by atoms with Crippen molar-refractivity contribution in [3.8, 4) is 5.75 Å². The van der Waals surface area contributed by atoms with Gasteiger partial charge in [0, 0.05) is 12.4 Å². The molecule has 0 heterocycles. The summed E-state index contributed by atoms with van der Waals surface area (Å²) in [6, 6.07) is 9.96. The molecule has 0 unspecified atom stereocenters. The summed E-state index contributed by atoms with van der Waals surface area (Å²) in [6.07, 6.45) is 3.29. The summed E-state index contributed by atoms with van der Waals surface area (Å²) in [6.45, 7) is 7.37. The van der Waals surface area contributed by atoms with Gasteiger partial charge in [0.25, 0.3) is 0 Å². The van der Waals surface area contributed by atoms with Gasteiger partial charge >= 0.3 is 0 Å². The van der Waals surface area contributed by atoms with Crippen LogP contribution in [0.15, 0.2) is 30.3 Å². The van der Waals surface area contributed by atoms with Crippen molar-refractivity contribution in [3.63, 3.8) is 0 Å². The van der Waals surface area contributed by atoms with E-state index in [0.717, 1.165) is 44.2 Å². The molecule has 0 aliphatic carbocycles. The predicted molar refractivity (Wildman–Crippen MR) is 83.2 cm³/mol. The Morgan fingerprint density at radius 2 is 1.89 bits per heavy atom. The fraction of sp³-hybridized carbons (Fsp3) is 0.625. The maximum absolute atomic E-state index is 5.73. The highest BCUT2D eigenvalue weighted by atomic mass is 35.5. The van der Waals surface area contributed by atoms with Crippen LogP contribution in [0, 0.1) is 5.41 Å². The minimum Gasteiger partial charge on any atom is -0.494 e. The maximum atomic E-state index is 5.73. The number of alkyl halides is 1. The lowest BCUT2D eigenvalue weighted by atomic mass is 9.88. The third-order valence-electron chi connectivity index (χ3n) is 3.10. The third-order valence-corrected chi connectivity index (χ3v) is 3.37. The molecule has 0 saturated heterocycles. The van der Waals surface area contributed by atoms with E-state index in [1.54, 1.807) is 0 Å².